The third-order valence-electron chi connectivity index (χ3n) is 3.99. The van der Waals surface area contributed by atoms with Crippen molar-refractivity contribution in [3.63, 3.8) is 0 Å². The first-order valence-electron chi connectivity index (χ1n) is 7.72. The zero-order valence-electron chi connectivity index (χ0n) is 13.8. The van der Waals surface area contributed by atoms with E-state index in [0.29, 0.717) is 18.8 Å². The molecule has 0 unspecified atom stereocenters. The average molecular weight is 340 g/mol. The molecule has 0 aromatic heterocycles. The number of ether oxygens (including phenoxy) is 1. The van der Waals surface area contributed by atoms with E-state index in [-0.39, 0.29) is 22.6 Å². The van der Waals surface area contributed by atoms with Crippen LogP contribution in [0.4, 0.5) is 0 Å². The molecule has 1 aromatic rings. The lowest BCUT2D eigenvalue weighted by atomic mass is 10.1. The Morgan fingerprint density at radius 3 is 2.61 bits per heavy atom. The van der Waals surface area contributed by atoms with Crippen LogP contribution in [0.3, 0.4) is 0 Å². The number of carbonyl (C=O) groups excluding carboxylic acids is 1. The van der Waals surface area contributed by atoms with Gasteiger partial charge in [-0.3, -0.25) is 4.79 Å². The third kappa shape index (κ3) is 4.45. The molecule has 0 saturated carbocycles. The number of nitrogens with zero attached hydrogens (tertiary/aromatic N) is 1. The van der Waals surface area contributed by atoms with Crippen LogP contribution in [0.5, 0.6) is 5.75 Å². The molecule has 6 nitrogen and oxygen atoms in total. The van der Waals surface area contributed by atoms with Crippen molar-refractivity contribution in [1.82, 2.24) is 10.2 Å². The van der Waals surface area contributed by atoms with E-state index in [1.54, 1.807) is 24.0 Å². The summed E-state index contributed by atoms with van der Waals surface area (Å²) in [5.74, 6) is -0.248. The predicted octanol–water partition coefficient (Wildman–Crippen LogP) is 0.925. The number of amides is 1. The van der Waals surface area contributed by atoms with E-state index in [4.69, 9.17) is 4.74 Å². The van der Waals surface area contributed by atoms with Crippen molar-refractivity contribution in [2.75, 3.05) is 32.5 Å². The highest BCUT2D eigenvalue weighted by molar-refractivity contribution is 7.91. The second-order valence-electron chi connectivity index (χ2n) is 6.00. The van der Waals surface area contributed by atoms with Crippen LogP contribution in [-0.2, 0) is 14.6 Å². The number of nitrogens with one attached hydrogen (secondary N) is 1. The summed E-state index contributed by atoms with van der Waals surface area (Å²) in [6.45, 7) is 5.67. The smallest absolute Gasteiger partial charge is 0.226 e. The number of rotatable bonds is 5. The molecule has 1 N–H and O–H groups in total. The minimum absolute atomic E-state index is 0.101. The molecule has 1 aliphatic heterocycles. The summed E-state index contributed by atoms with van der Waals surface area (Å²) >= 11 is 0. The van der Waals surface area contributed by atoms with Crippen LogP contribution < -0.4 is 10.1 Å². The minimum atomic E-state index is -3.50. The SMILES string of the molecule is COc1ccc(S(=O)(=O)C[C@@H](C)C(=O)N2CCN[C@H](C)C2)cc1. The van der Waals surface area contributed by atoms with Crippen molar-refractivity contribution in [3.05, 3.63) is 24.3 Å². The van der Waals surface area contributed by atoms with Crippen LogP contribution in [0, 0.1) is 5.92 Å². The molecule has 1 fully saturated rings. The highest BCUT2D eigenvalue weighted by atomic mass is 32.2. The molecule has 2 atom stereocenters. The van der Waals surface area contributed by atoms with Gasteiger partial charge in [0.15, 0.2) is 9.84 Å². The topological polar surface area (TPSA) is 75.7 Å². The Balaban J connectivity index is 2.04. The van der Waals surface area contributed by atoms with E-state index >= 15 is 0 Å². The fraction of sp³-hybridized carbons (Fsp3) is 0.562. The van der Waals surface area contributed by atoms with E-state index in [1.165, 1.54) is 19.2 Å². The second-order valence-corrected chi connectivity index (χ2v) is 8.03. The maximum atomic E-state index is 12.5. The molecule has 23 heavy (non-hydrogen) atoms. The number of sulfone groups is 1. The van der Waals surface area contributed by atoms with E-state index < -0.39 is 15.8 Å². The number of piperazine rings is 1. The molecule has 1 heterocycles. The number of benzene rings is 1. The summed E-state index contributed by atoms with van der Waals surface area (Å²) in [4.78, 5) is 14.4. The molecule has 1 saturated heterocycles. The Bertz CT molecular complexity index is 643. The fourth-order valence-electron chi connectivity index (χ4n) is 2.72. The van der Waals surface area contributed by atoms with Crippen molar-refractivity contribution >= 4 is 15.7 Å². The van der Waals surface area contributed by atoms with Gasteiger partial charge in [0, 0.05) is 31.6 Å². The first kappa shape index (κ1) is 17.7. The first-order chi connectivity index (χ1) is 10.8. The monoisotopic (exact) mass is 340 g/mol. The van der Waals surface area contributed by atoms with Gasteiger partial charge in [-0.2, -0.15) is 0 Å². The van der Waals surface area contributed by atoms with E-state index in [9.17, 15) is 13.2 Å². The van der Waals surface area contributed by atoms with Crippen molar-refractivity contribution in [3.8, 4) is 5.75 Å². The molecular formula is C16H24N2O4S. The Morgan fingerprint density at radius 2 is 2.04 bits per heavy atom. The van der Waals surface area contributed by atoms with Gasteiger partial charge >= 0.3 is 0 Å². The molecular weight excluding hydrogens is 316 g/mol. The number of hydrogen-bond donors (Lipinski definition) is 1. The summed E-state index contributed by atoms with van der Waals surface area (Å²) in [5.41, 5.74) is 0. The van der Waals surface area contributed by atoms with Crippen molar-refractivity contribution < 1.29 is 17.9 Å². The molecule has 0 spiro atoms. The zero-order valence-corrected chi connectivity index (χ0v) is 14.6. The molecule has 1 amide bonds. The summed E-state index contributed by atoms with van der Waals surface area (Å²) in [7, 11) is -1.97. The van der Waals surface area contributed by atoms with Crippen molar-refractivity contribution in [2.24, 2.45) is 5.92 Å². The Labute approximate surface area is 137 Å². The van der Waals surface area contributed by atoms with Gasteiger partial charge in [-0.05, 0) is 31.2 Å². The van der Waals surface area contributed by atoms with Gasteiger partial charge in [-0.1, -0.05) is 6.92 Å². The number of methoxy groups -OCH3 is 1. The molecule has 2 rings (SSSR count). The maximum Gasteiger partial charge on any atom is 0.226 e. The van der Waals surface area contributed by atoms with Gasteiger partial charge in [-0.25, -0.2) is 8.42 Å². The average Bonchev–Trinajstić information content (AvgIpc) is 2.53. The lowest BCUT2D eigenvalue weighted by Crippen LogP contribution is -2.53. The quantitative estimate of drug-likeness (QED) is 0.863. The molecule has 1 aliphatic rings. The Morgan fingerprint density at radius 1 is 1.39 bits per heavy atom. The standard InChI is InChI=1S/C16H24N2O4S/c1-12(16(19)18-9-8-17-13(2)10-18)11-23(20,21)15-6-4-14(22-3)5-7-15/h4-7,12-13,17H,8-11H2,1-3H3/t12-,13-/m1/s1. The fourth-order valence-corrected chi connectivity index (χ4v) is 4.27. The van der Waals surface area contributed by atoms with Crippen LogP contribution in [0.15, 0.2) is 29.2 Å². The minimum Gasteiger partial charge on any atom is -0.497 e. The van der Waals surface area contributed by atoms with Crippen molar-refractivity contribution in [2.45, 2.75) is 24.8 Å². The molecule has 1 aromatic carbocycles. The van der Waals surface area contributed by atoms with Gasteiger partial charge in [0.05, 0.1) is 17.8 Å². The molecule has 0 bridgehead atoms. The second kappa shape index (κ2) is 7.31. The summed E-state index contributed by atoms with van der Waals surface area (Å²) in [6, 6.07) is 6.48. The van der Waals surface area contributed by atoms with Gasteiger partial charge in [-0.15, -0.1) is 0 Å². The lowest BCUT2D eigenvalue weighted by Gasteiger charge is -2.33. The number of carbonyl (C=O) groups is 1. The summed E-state index contributed by atoms with van der Waals surface area (Å²) in [5, 5.41) is 3.27. The normalized spacial score (nSPS) is 20.1. The first-order valence-corrected chi connectivity index (χ1v) is 9.37. The van der Waals surface area contributed by atoms with Gasteiger partial charge in [0.1, 0.15) is 5.75 Å². The largest absolute Gasteiger partial charge is 0.497 e. The van der Waals surface area contributed by atoms with Crippen molar-refractivity contribution in [1.29, 1.82) is 0 Å². The van der Waals surface area contributed by atoms with Crippen LogP contribution in [0.2, 0.25) is 0 Å². The van der Waals surface area contributed by atoms with Gasteiger partial charge in [0.25, 0.3) is 0 Å². The zero-order chi connectivity index (χ0) is 17.0. The third-order valence-corrected chi connectivity index (χ3v) is 5.92. The maximum absolute atomic E-state index is 12.5. The highest BCUT2D eigenvalue weighted by Crippen LogP contribution is 2.19. The summed E-state index contributed by atoms with van der Waals surface area (Å²) in [6.07, 6.45) is 0. The molecule has 0 radical (unpaired) electrons. The lowest BCUT2D eigenvalue weighted by molar-refractivity contribution is -0.135. The van der Waals surface area contributed by atoms with Crippen LogP contribution in [0.1, 0.15) is 13.8 Å². The van der Waals surface area contributed by atoms with Crippen LogP contribution in [0.25, 0.3) is 0 Å². The van der Waals surface area contributed by atoms with Gasteiger partial charge < -0.3 is 15.0 Å². The predicted molar refractivity (Wildman–Crippen MR) is 88.3 cm³/mol. The van der Waals surface area contributed by atoms with Crippen LogP contribution >= 0.6 is 0 Å². The Kier molecular flexibility index (Phi) is 5.64. The molecule has 0 aliphatic carbocycles. The van der Waals surface area contributed by atoms with E-state index in [1.807, 2.05) is 6.92 Å². The summed E-state index contributed by atoms with van der Waals surface area (Å²) < 4.78 is 30.0. The van der Waals surface area contributed by atoms with Crippen LogP contribution in [-0.4, -0.2) is 57.8 Å². The highest BCUT2D eigenvalue weighted by Gasteiger charge is 2.28. The Hall–Kier alpha value is -1.60. The van der Waals surface area contributed by atoms with E-state index in [0.717, 1.165) is 6.54 Å². The van der Waals surface area contributed by atoms with E-state index in [2.05, 4.69) is 5.32 Å². The van der Waals surface area contributed by atoms with Gasteiger partial charge in [0.2, 0.25) is 5.91 Å². The molecule has 128 valence electrons. The number of hydrogen-bond acceptors (Lipinski definition) is 5. The molecule has 7 heteroatoms.